The zero-order chi connectivity index (χ0) is 17.9. The summed E-state index contributed by atoms with van der Waals surface area (Å²) < 4.78 is 1.80. The summed E-state index contributed by atoms with van der Waals surface area (Å²) in [5, 5.41) is 15.2. The predicted molar refractivity (Wildman–Crippen MR) is 96.5 cm³/mol. The fraction of sp³-hybridized carbons (Fsp3) is 0.471. The molecule has 0 unspecified atom stereocenters. The van der Waals surface area contributed by atoms with Crippen LogP contribution < -0.4 is 5.32 Å². The quantitative estimate of drug-likeness (QED) is 0.746. The van der Waals surface area contributed by atoms with Crippen molar-refractivity contribution < 1.29 is 9.59 Å². The standard InChI is InChI=1S/C17H20N6O2S/c24-15(11-26-17-19-20-21-23(17)14-6-7-14)18-13-4-1-3-12(9-13)10-22-8-2-5-16(22)25/h1,3-4,9,14H,2,5-8,10-11H2,(H,18,24). The van der Waals surface area contributed by atoms with Crippen LogP contribution in [0.3, 0.4) is 0 Å². The Labute approximate surface area is 155 Å². The van der Waals surface area contributed by atoms with Crippen LogP contribution in [0.2, 0.25) is 0 Å². The third-order valence-electron chi connectivity index (χ3n) is 4.44. The number of thioether (sulfide) groups is 1. The molecule has 0 bridgehead atoms. The maximum absolute atomic E-state index is 12.2. The molecule has 8 nitrogen and oxygen atoms in total. The van der Waals surface area contributed by atoms with Gasteiger partial charge in [0.2, 0.25) is 17.0 Å². The molecule has 0 atom stereocenters. The van der Waals surface area contributed by atoms with E-state index >= 15 is 0 Å². The van der Waals surface area contributed by atoms with Gasteiger partial charge in [-0.2, -0.15) is 0 Å². The van der Waals surface area contributed by atoms with Gasteiger partial charge in [0.15, 0.2) is 0 Å². The van der Waals surface area contributed by atoms with Crippen LogP contribution in [0.5, 0.6) is 0 Å². The number of aromatic nitrogens is 4. The number of amides is 2. The topological polar surface area (TPSA) is 93.0 Å². The molecular formula is C17H20N6O2S. The lowest BCUT2D eigenvalue weighted by Gasteiger charge is -2.16. The highest BCUT2D eigenvalue weighted by Gasteiger charge is 2.28. The fourth-order valence-corrected chi connectivity index (χ4v) is 3.74. The number of nitrogens with one attached hydrogen (secondary N) is 1. The molecule has 1 saturated carbocycles. The highest BCUT2D eigenvalue weighted by Crippen LogP contribution is 2.36. The van der Waals surface area contributed by atoms with Crippen LogP contribution in [0.1, 0.15) is 37.3 Å². The number of nitrogens with zero attached hydrogens (tertiary/aromatic N) is 5. The van der Waals surface area contributed by atoms with E-state index in [1.54, 1.807) is 4.68 Å². The van der Waals surface area contributed by atoms with Crippen molar-refractivity contribution in [3.05, 3.63) is 29.8 Å². The highest BCUT2D eigenvalue weighted by atomic mass is 32.2. The molecule has 26 heavy (non-hydrogen) atoms. The van der Waals surface area contributed by atoms with Crippen molar-refractivity contribution in [2.45, 2.75) is 43.4 Å². The molecule has 1 aliphatic carbocycles. The smallest absolute Gasteiger partial charge is 0.234 e. The van der Waals surface area contributed by atoms with Crippen molar-refractivity contribution >= 4 is 29.3 Å². The van der Waals surface area contributed by atoms with E-state index in [9.17, 15) is 9.59 Å². The average Bonchev–Trinajstić information content (AvgIpc) is 3.23. The lowest BCUT2D eigenvalue weighted by atomic mass is 10.2. The van der Waals surface area contributed by atoms with Crippen LogP contribution in [-0.4, -0.2) is 49.2 Å². The van der Waals surface area contributed by atoms with Gasteiger partial charge in [-0.25, -0.2) is 4.68 Å². The molecular weight excluding hydrogens is 352 g/mol. The summed E-state index contributed by atoms with van der Waals surface area (Å²) in [5.74, 6) is 0.348. The lowest BCUT2D eigenvalue weighted by Crippen LogP contribution is -2.23. The normalized spacial score (nSPS) is 16.9. The molecule has 2 fully saturated rings. The van der Waals surface area contributed by atoms with Gasteiger partial charge in [-0.1, -0.05) is 23.9 Å². The van der Waals surface area contributed by atoms with Gasteiger partial charge in [0, 0.05) is 25.2 Å². The summed E-state index contributed by atoms with van der Waals surface area (Å²) in [6, 6.07) is 8.03. The number of anilines is 1. The molecule has 1 saturated heterocycles. The zero-order valence-electron chi connectivity index (χ0n) is 14.3. The van der Waals surface area contributed by atoms with Crippen LogP contribution in [0.25, 0.3) is 0 Å². The molecule has 9 heteroatoms. The SMILES string of the molecule is O=C(CSc1nnnn1C1CC1)Nc1cccc(CN2CCCC2=O)c1. The van der Waals surface area contributed by atoms with Gasteiger partial charge in [-0.3, -0.25) is 9.59 Å². The average molecular weight is 372 g/mol. The first kappa shape index (κ1) is 17.0. The minimum absolute atomic E-state index is 0.102. The number of benzene rings is 1. The molecule has 1 aromatic heterocycles. The summed E-state index contributed by atoms with van der Waals surface area (Å²) >= 11 is 1.34. The van der Waals surface area contributed by atoms with E-state index < -0.39 is 0 Å². The molecule has 2 amide bonds. The summed E-state index contributed by atoms with van der Waals surface area (Å²) in [4.78, 5) is 25.8. The van der Waals surface area contributed by atoms with Crippen molar-refractivity contribution in [2.75, 3.05) is 17.6 Å². The van der Waals surface area contributed by atoms with Crippen molar-refractivity contribution in [1.82, 2.24) is 25.1 Å². The minimum Gasteiger partial charge on any atom is -0.338 e. The Morgan fingerprint density at radius 1 is 1.35 bits per heavy atom. The van der Waals surface area contributed by atoms with E-state index in [-0.39, 0.29) is 17.6 Å². The van der Waals surface area contributed by atoms with Crippen molar-refractivity contribution in [1.29, 1.82) is 0 Å². The second-order valence-corrected chi connectivity index (χ2v) is 7.54. The first-order valence-electron chi connectivity index (χ1n) is 8.76. The molecule has 136 valence electrons. The molecule has 1 N–H and O–H groups in total. The maximum atomic E-state index is 12.2. The van der Waals surface area contributed by atoms with Crippen molar-refractivity contribution in [3.8, 4) is 0 Å². The Balaban J connectivity index is 1.31. The second-order valence-electron chi connectivity index (χ2n) is 6.59. The first-order valence-corrected chi connectivity index (χ1v) is 9.75. The molecule has 0 radical (unpaired) electrons. The highest BCUT2D eigenvalue weighted by molar-refractivity contribution is 7.99. The molecule has 1 aromatic carbocycles. The Bertz CT molecular complexity index is 819. The second kappa shape index (κ2) is 7.45. The zero-order valence-corrected chi connectivity index (χ0v) is 15.1. The summed E-state index contributed by atoms with van der Waals surface area (Å²) in [6.07, 6.45) is 3.75. The number of carbonyl (C=O) groups is 2. The number of tetrazole rings is 1. The summed E-state index contributed by atoms with van der Waals surface area (Å²) in [7, 11) is 0. The Kier molecular flexibility index (Phi) is 4.87. The molecule has 2 aliphatic rings. The van der Waals surface area contributed by atoms with E-state index in [4.69, 9.17) is 0 Å². The van der Waals surface area contributed by atoms with Gasteiger partial charge in [0.25, 0.3) is 0 Å². The van der Waals surface area contributed by atoms with E-state index in [0.717, 1.165) is 37.1 Å². The van der Waals surface area contributed by atoms with Crippen LogP contribution in [0, 0.1) is 0 Å². The number of rotatable bonds is 7. The van der Waals surface area contributed by atoms with E-state index in [0.29, 0.717) is 24.2 Å². The van der Waals surface area contributed by atoms with Crippen molar-refractivity contribution in [3.63, 3.8) is 0 Å². The number of likely N-dealkylation sites (tertiary alicyclic amines) is 1. The van der Waals surface area contributed by atoms with Crippen LogP contribution >= 0.6 is 11.8 Å². The van der Waals surface area contributed by atoms with Gasteiger partial charge in [-0.05, 0) is 47.4 Å². The largest absolute Gasteiger partial charge is 0.338 e. The van der Waals surface area contributed by atoms with Crippen LogP contribution in [-0.2, 0) is 16.1 Å². The van der Waals surface area contributed by atoms with E-state index in [2.05, 4.69) is 20.8 Å². The van der Waals surface area contributed by atoms with Gasteiger partial charge in [-0.15, -0.1) is 5.10 Å². The van der Waals surface area contributed by atoms with Crippen molar-refractivity contribution in [2.24, 2.45) is 0 Å². The van der Waals surface area contributed by atoms with E-state index in [1.165, 1.54) is 11.8 Å². The number of hydrogen-bond donors (Lipinski definition) is 1. The summed E-state index contributed by atoms with van der Waals surface area (Å²) in [5.41, 5.74) is 1.75. The van der Waals surface area contributed by atoms with Crippen LogP contribution in [0.4, 0.5) is 5.69 Å². The van der Waals surface area contributed by atoms with Gasteiger partial charge < -0.3 is 10.2 Å². The third-order valence-corrected chi connectivity index (χ3v) is 5.38. The van der Waals surface area contributed by atoms with Crippen LogP contribution in [0.15, 0.2) is 29.4 Å². The molecule has 1 aliphatic heterocycles. The molecule has 2 aromatic rings. The Morgan fingerprint density at radius 2 is 2.23 bits per heavy atom. The maximum Gasteiger partial charge on any atom is 0.234 e. The molecule has 2 heterocycles. The monoisotopic (exact) mass is 372 g/mol. The number of carbonyl (C=O) groups excluding carboxylic acids is 2. The van der Waals surface area contributed by atoms with Gasteiger partial charge >= 0.3 is 0 Å². The first-order chi connectivity index (χ1) is 12.7. The Morgan fingerprint density at radius 3 is 3.00 bits per heavy atom. The molecule has 4 rings (SSSR count). The number of hydrogen-bond acceptors (Lipinski definition) is 6. The minimum atomic E-state index is -0.102. The van der Waals surface area contributed by atoms with E-state index in [1.807, 2.05) is 29.2 Å². The Hall–Kier alpha value is -2.42. The summed E-state index contributed by atoms with van der Waals surface area (Å²) in [6.45, 7) is 1.40. The van der Waals surface area contributed by atoms with Gasteiger partial charge in [0.1, 0.15) is 0 Å². The lowest BCUT2D eigenvalue weighted by molar-refractivity contribution is -0.128. The third kappa shape index (κ3) is 4.04. The predicted octanol–water partition coefficient (Wildman–Crippen LogP) is 1.86. The molecule has 0 spiro atoms. The van der Waals surface area contributed by atoms with Gasteiger partial charge in [0.05, 0.1) is 11.8 Å². The fourth-order valence-electron chi connectivity index (χ4n) is 2.99.